The number of nitrogens with one attached hydrogen (secondary N) is 1. The van der Waals surface area contributed by atoms with Crippen molar-refractivity contribution in [2.45, 2.75) is 25.7 Å². The summed E-state index contributed by atoms with van der Waals surface area (Å²) >= 11 is 0. The van der Waals surface area contributed by atoms with Crippen LogP contribution in [0.5, 0.6) is 0 Å². The van der Waals surface area contributed by atoms with Crippen molar-refractivity contribution in [3.8, 4) is 0 Å². The average Bonchev–Trinajstić information content (AvgIpc) is 2.61. The molecule has 0 atom stereocenters. The molecule has 3 heterocycles. The van der Waals surface area contributed by atoms with Crippen LogP contribution in [0.2, 0.25) is 0 Å². The predicted molar refractivity (Wildman–Crippen MR) is 92.9 cm³/mol. The lowest BCUT2D eigenvalue weighted by atomic mass is 10.1. The molecule has 128 valence electrons. The molecule has 3 N–H and O–H groups in total. The van der Waals surface area contributed by atoms with Gasteiger partial charge in [0.2, 0.25) is 0 Å². The summed E-state index contributed by atoms with van der Waals surface area (Å²) in [6.07, 6.45) is 6.42. The largest absolute Gasteiger partial charge is 0.393 e. The first-order valence-corrected chi connectivity index (χ1v) is 8.74. The Kier molecular flexibility index (Phi) is 5.87. The molecule has 2 aliphatic heterocycles. The Morgan fingerprint density at radius 1 is 1.09 bits per heavy atom. The number of aromatic nitrogens is 2. The van der Waals surface area contributed by atoms with Crippen LogP contribution in [0.3, 0.4) is 0 Å². The number of ether oxygens (including phenoxy) is 1. The molecule has 0 saturated carbocycles. The second-order valence-electron chi connectivity index (χ2n) is 6.24. The third-order valence-corrected chi connectivity index (χ3v) is 4.57. The molecule has 2 fully saturated rings. The Morgan fingerprint density at radius 3 is 2.65 bits per heavy atom. The van der Waals surface area contributed by atoms with E-state index < -0.39 is 0 Å². The van der Waals surface area contributed by atoms with Crippen LogP contribution in [-0.4, -0.2) is 67.4 Å². The third-order valence-electron chi connectivity index (χ3n) is 4.57. The molecule has 1 aromatic rings. The van der Waals surface area contributed by atoms with Gasteiger partial charge in [-0.2, -0.15) is 0 Å². The molecule has 0 amide bonds. The fourth-order valence-electron chi connectivity index (χ4n) is 3.22. The molecule has 0 bridgehead atoms. The van der Waals surface area contributed by atoms with Crippen molar-refractivity contribution in [2.75, 3.05) is 68.4 Å². The lowest BCUT2D eigenvalue weighted by molar-refractivity contribution is 0.0378. The molecule has 0 radical (unpaired) electrons. The molecule has 0 aliphatic carbocycles. The summed E-state index contributed by atoms with van der Waals surface area (Å²) in [5.74, 6) is 1.65. The topological polar surface area (TPSA) is 79.5 Å². The average molecular weight is 320 g/mol. The van der Waals surface area contributed by atoms with E-state index in [1.54, 1.807) is 6.33 Å². The summed E-state index contributed by atoms with van der Waals surface area (Å²) in [4.78, 5) is 13.4. The lowest BCUT2D eigenvalue weighted by Gasteiger charge is -2.29. The number of piperidine rings is 1. The van der Waals surface area contributed by atoms with E-state index in [9.17, 15) is 0 Å². The van der Waals surface area contributed by atoms with E-state index >= 15 is 0 Å². The minimum absolute atomic E-state index is 0.681. The molecule has 3 rings (SSSR count). The number of hydrogen-bond acceptors (Lipinski definition) is 7. The predicted octanol–water partition coefficient (Wildman–Crippen LogP) is 1.18. The van der Waals surface area contributed by atoms with E-state index in [2.05, 4.69) is 25.1 Å². The van der Waals surface area contributed by atoms with Gasteiger partial charge in [0.15, 0.2) is 11.6 Å². The van der Waals surface area contributed by atoms with Crippen LogP contribution in [0.25, 0.3) is 0 Å². The number of nitrogen functional groups attached to an aromatic ring is 1. The molecule has 0 unspecified atom stereocenters. The summed E-state index contributed by atoms with van der Waals surface area (Å²) in [5, 5.41) is 3.37. The maximum Gasteiger partial charge on any atom is 0.157 e. The van der Waals surface area contributed by atoms with Crippen LogP contribution in [0.4, 0.5) is 17.3 Å². The van der Waals surface area contributed by atoms with Gasteiger partial charge in [0.05, 0.1) is 13.2 Å². The zero-order chi connectivity index (χ0) is 15.9. The molecule has 1 aromatic heterocycles. The number of rotatable bonds is 6. The third kappa shape index (κ3) is 4.45. The van der Waals surface area contributed by atoms with Crippen molar-refractivity contribution in [1.29, 1.82) is 0 Å². The normalized spacial score (nSPS) is 19.7. The molecule has 7 nitrogen and oxygen atoms in total. The Labute approximate surface area is 138 Å². The smallest absolute Gasteiger partial charge is 0.157 e. The van der Waals surface area contributed by atoms with Crippen molar-refractivity contribution in [1.82, 2.24) is 14.9 Å². The van der Waals surface area contributed by atoms with E-state index in [0.717, 1.165) is 70.5 Å². The summed E-state index contributed by atoms with van der Waals surface area (Å²) in [7, 11) is 0. The highest BCUT2D eigenvalue weighted by molar-refractivity contribution is 5.74. The molecule has 0 aromatic carbocycles. The molecule has 2 aliphatic rings. The van der Waals surface area contributed by atoms with Gasteiger partial charge in [0, 0.05) is 32.7 Å². The molecular weight excluding hydrogens is 292 g/mol. The van der Waals surface area contributed by atoms with Gasteiger partial charge in [-0.1, -0.05) is 0 Å². The number of hydrogen-bond donors (Lipinski definition) is 2. The second-order valence-corrected chi connectivity index (χ2v) is 6.24. The Morgan fingerprint density at radius 2 is 1.87 bits per heavy atom. The SMILES string of the molecule is Nc1c(NCCCN2CCOCC2)ncnc1N1CCCCC1. The highest BCUT2D eigenvalue weighted by Gasteiger charge is 2.17. The van der Waals surface area contributed by atoms with E-state index in [4.69, 9.17) is 10.5 Å². The van der Waals surface area contributed by atoms with Crippen molar-refractivity contribution >= 4 is 17.3 Å². The van der Waals surface area contributed by atoms with Crippen LogP contribution >= 0.6 is 0 Å². The van der Waals surface area contributed by atoms with Crippen LogP contribution in [0.15, 0.2) is 6.33 Å². The second kappa shape index (κ2) is 8.31. The fraction of sp³-hybridized carbons (Fsp3) is 0.750. The standard InChI is InChI=1S/C16H28N6O/c17-14-15(18-5-4-6-21-9-11-23-12-10-21)19-13-20-16(14)22-7-2-1-3-8-22/h13H,1-12,17H2,(H,18,19,20). The molecular formula is C16H28N6O. The molecule has 7 heteroatoms. The minimum Gasteiger partial charge on any atom is -0.393 e. The van der Waals surface area contributed by atoms with E-state index in [1.807, 2.05) is 0 Å². The summed E-state index contributed by atoms with van der Waals surface area (Å²) in [6, 6.07) is 0. The molecule has 2 saturated heterocycles. The molecule has 0 spiro atoms. The first-order chi connectivity index (χ1) is 11.3. The number of morpholine rings is 1. The maximum atomic E-state index is 6.28. The van der Waals surface area contributed by atoms with Gasteiger partial charge in [-0.05, 0) is 32.2 Å². The van der Waals surface area contributed by atoms with Crippen LogP contribution in [0.1, 0.15) is 25.7 Å². The highest BCUT2D eigenvalue weighted by Crippen LogP contribution is 2.28. The Balaban J connectivity index is 1.49. The van der Waals surface area contributed by atoms with E-state index in [0.29, 0.717) is 5.69 Å². The van der Waals surface area contributed by atoms with Gasteiger partial charge in [-0.3, -0.25) is 4.90 Å². The zero-order valence-corrected chi connectivity index (χ0v) is 13.8. The minimum atomic E-state index is 0.681. The Bertz CT molecular complexity index is 485. The first kappa shape index (κ1) is 16.3. The number of nitrogens with zero attached hydrogens (tertiary/aromatic N) is 4. The van der Waals surface area contributed by atoms with Gasteiger partial charge < -0.3 is 20.7 Å². The lowest BCUT2D eigenvalue weighted by Crippen LogP contribution is -2.37. The zero-order valence-electron chi connectivity index (χ0n) is 13.8. The van der Waals surface area contributed by atoms with Gasteiger partial charge in [-0.25, -0.2) is 9.97 Å². The van der Waals surface area contributed by atoms with Crippen LogP contribution in [0, 0.1) is 0 Å². The first-order valence-electron chi connectivity index (χ1n) is 8.74. The summed E-state index contributed by atoms with van der Waals surface area (Å²) in [5.41, 5.74) is 6.96. The quantitative estimate of drug-likeness (QED) is 0.762. The van der Waals surface area contributed by atoms with Crippen molar-refractivity contribution < 1.29 is 4.74 Å². The highest BCUT2D eigenvalue weighted by atomic mass is 16.5. The van der Waals surface area contributed by atoms with E-state index in [1.165, 1.54) is 19.3 Å². The monoisotopic (exact) mass is 320 g/mol. The van der Waals surface area contributed by atoms with Gasteiger partial charge in [0.25, 0.3) is 0 Å². The summed E-state index contributed by atoms with van der Waals surface area (Å²) < 4.78 is 5.37. The maximum absolute atomic E-state index is 6.28. The van der Waals surface area contributed by atoms with Gasteiger partial charge >= 0.3 is 0 Å². The summed E-state index contributed by atoms with van der Waals surface area (Å²) in [6.45, 7) is 7.81. The Hall–Kier alpha value is -1.60. The van der Waals surface area contributed by atoms with Gasteiger partial charge in [-0.15, -0.1) is 0 Å². The van der Waals surface area contributed by atoms with Crippen LogP contribution in [-0.2, 0) is 4.74 Å². The van der Waals surface area contributed by atoms with E-state index in [-0.39, 0.29) is 0 Å². The van der Waals surface area contributed by atoms with Crippen LogP contribution < -0.4 is 16.0 Å². The van der Waals surface area contributed by atoms with Crippen molar-refractivity contribution in [2.24, 2.45) is 0 Å². The van der Waals surface area contributed by atoms with Gasteiger partial charge in [0.1, 0.15) is 12.0 Å². The number of nitrogens with two attached hydrogens (primary N) is 1. The fourth-order valence-corrected chi connectivity index (χ4v) is 3.22. The van der Waals surface area contributed by atoms with Crippen molar-refractivity contribution in [3.63, 3.8) is 0 Å². The van der Waals surface area contributed by atoms with Crippen molar-refractivity contribution in [3.05, 3.63) is 6.33 Å². The molecule has 23 heavy (non-hydrogen) atoms. The number of anilines is 3.